The molecule has 0 aliphatic heterocycles. The summed E-state index contributed by atoms with van der Waals surface area (Å²) in [6.07, 6.45) is 5.54. The molecule has 0 spiro atoms. The van der Waals surface area contributed by atoms with Crippen molar-refractivity contribution in [3.63, 3.8) is 0 Å². The molecular weight excluding hydrogens is 230 g/mol. The summed E-state index contributed by atoms with van der Waals surface area (Å²) in [5, 5.41) is 12.2. The second-order valence-corrected chi connectivity index (χ2v) is 4.96. The monoisotopic (exact) mass is 255 g/mol. The molecule has 18 heavy (non-hydrogen) atoms. The first-order valence-corrected chi connectivity index (χ1v) is 6.89. The van der Waals surface area contributed by atoms with Crippen LogP contribution in [-0.4, -0.2) is 34.9 Å². The van der Waals surface area contributed by atoms with Crippen LogP contribution >= 0.6 is 0 Å². The fraction of sp³-hybridized carbons (Fsp3) is 0.846. The van der Waals surface area contributed by atoms with Crippen LogP contribution in [0.4, 0.5) is 0 Å². The van der Waals surface area contributed by atoms with Gasteiger partial charge in [0.25, 0.3) is 0 Å². The predicted molar refractivity (Wildman–Crippen MR) is 71.5 cm³/mol. The molecule has 0 aromatic rings. The van der Waals surface area contributed by atoms with Crippen LogP contribution in [-0.2, 0) is 4.79 Å². The first-order chi connectivity index (χ1) is 8.62. The normalized spacial score (nSPS) is 20.2. The number of rotatable bonds is 4. The first-order valence-electron chi connectivity index (χ1n) is 6.89. The maximum Gasteiger partial charge on any atom is 0.236 e. The van der Waals surface area contributed by atoms with E-state index in [0.29, 0.717) is 25.9 Å². The van der Waals surface area contributed by atoms with E-state index in [9.17, 15) is 4.79 Å². The van der Waals surface area contributed by atoms with Crippen LogP contribution in [0.1, 0.15) is 52.4 Å². The van der Waals surface area contributed by atoms with Gasteiger partial charge in [0, 0.05) is 13.1 Å². The summed E-state index contributed by atoms with van der Waals surface area (Å²) in [6, 6.07) is 0. The zero-order valence-corrected chi connectivity index (χ0v) is 11.5. The Morgan fingerprint density at radius 1 is 1.22 bits per heavy atom. The number of carbonyl (C=O) groups excluding carboxylic acids is 1. The third kappa shape index (κ3) is 2.76. The number of hydrogen-bond acceptors (Lipinski definition) is 3. The lowest BCUT2D eigenvalue weighted by atomic mass is 9.77. The minimum Gasteiger partial charge on any atom is -0.409 e. The molecule has 1 aliphatic rings. The number of nitrogens with two attached hydrogens (primary N) is 1. The highest BCUT2D eigenvalue weighted by atomic mass is 16.4. The Balaban J connectivity index is 3.06. The highest BCUT2D eigenvalue weighted by Gasteiger charge is 2.44. The smallest absolute Gasteiger partial charge is 0.236 e. The molecular formula is C13H25N3O2. The number of amidine groups is 1. The molecule has 0 heterocycles. The molecule has 1 amide bonds. The minimum absolute atomic E-state index is 0.0182. The Kier molecular flexibility index (Phi) is 5.44. The Hall–Kier alpha value is -1.26. The number of oxime groups is 1. The highest BCUT2D eigenvalue weighted by molar-refractivity contribution is 6.06. The lowest BCUT2D eigenvalue weighted by Gasteiger charge is -2.34. The van der Waals surface area contributed by atoms with Crippen molar-refractivity contribution in [2.75, 3.05) is 13.1 Å². The van der Waals surface area contributed by atoms with E-state index in [2.05, 4.69) is 5.16 Å². The number of nitrogens with zero attached hydrogens (tertiary/aromatic N) is 2. The van der Waals surface area contributed by atoms with Crippen molar-refractivity contribution in [2.24, 2.45) is 16.3 Å². The standard InChI is InChI=1S/C13H25N3O2/c1-3-16(4-2)12(17)13(11(14)15-18)9-7-5-6-8-10-13/h18H,3-10H2,1-2H3,(H2,14,15). The van der Waals surface area contributed by atoms with E-state index in [1.54, 1.807) is 4.90 Å². The molecule has 0 radical (unpaired) electrons. The topological polar surface area (TPSA) is 78.9 Å². The van der Waals surface area contributed by atoms with E-state index in [0.717, 1.165) is 25.7 Å². The summed E-state index contributed by atoms with van der Waals surface area (Å²) < 4.78 is 0. The van der Waals surface area contributed by atoms with Gasteiger partial charge in [-0.05, 0) is 26.7 Å². The van der Waals surface area contributed by atoms with Gasteiger partial charge in [0.1, 0.15) is 5.41 Å². The van der Waals surface area contributed by atoms with Crippen molar-refractivity contribution in [3.05, 3.63) is 0 Å². The van der Waals surface area contributed by atoms with Gasteiger partial charge in [0.15, 0.2) is 5.84 Å². The van der Waals surface area contributed by atoms with Crippen LogP contribution in [0.25, 0.3) is 0 Å². The molecule has 0 aromatic carbocycles. The Bertz CT molecular complexity index is 303. The molecule has 5 nitrogen and oxygen atoms in total. The third-order valence-electron chi connectivity index (χ3n) is 4.02. The van der Waals surface area contributed by atoms with Crippen LogP contribution in [0.3, 0.4) is 0 Å². The van der Waals surface area contributed by atoms with Gasteiger partial charge in [0.2, 0.25) is 5.91 Å². The van der Waals surface area contributed by atoms with Crippen molar-refractivity contribution >= 4 is 11.7 Å². The summed E-state index contributed by atoms with van der Waals surface area (Å²) in [4.78, 5) is 14.5. The van der Waals surface area contributed by atoms with Crippen LogP contribution < -0.4 is 5.73 Å². The van der Waals surface area contributed by atoms with Gasteiger partial charge in [-0.15, -0.1) is 0 Å². The van der Waals surface area contributed by atoms with Crippen molar-refractivity contribution in [3.8, 4) is 0 Å². The van der Waals surface area contributed by atoms with Gasteiger partial charge >= 0.3 is 0 Å². The van der Waals surface area contributed by atoms with Crippen molar-refractivity contribution in [2.45, 2.75) is 52.4 Å². The maximum absolute atomic E-state index is 12.7. The summed E-state index contributed by atoms with van der Waals surface area (Å²) in [5.74, 6) is 0.103. The average Bonchev–Trinajstić information content (AvgIpc) is 2.65. The van der Waals surface area contributed by atoms with Gasteiger partial charge in [-0.25, -0.2) is 0 Å². The maximum atomic E-state index is 12.7. The second-order valence-electron chi connectivity index (χ2n) is 4.96. The molecule has 0 atom stereocenters. The van der Waals surface area contributed by atoms with Crippen LogP contribution in [0.5, 0.6) is 0 Å². The third-order valence-corrected chi connectivity index (χ3v) is 4.02. The van der Waals surface area contributed by atoms with Crippen LogP contribution in [0.15, 0.2) is 5.16 Å². The molecule has 3 N–H and O–H groups in total. The molecule has 0 bridgehead atoms. The van der Waals surface area contributed by atoms with Crippen molar-refractivity contribution in [1.82, 2.24) is 4.90 Å². The zero-order chi connectivity index (χ0) is 13.6. The zero-order valence-electron chi connectivity index (χ0n) is 11.5. The van der Waals surface area contributed by atoms with E-state index in [-0.39, 0.29) is 11.7 Å². The molecule has 1 fully saturated rings. The van der Waals surface area contributed by atoms with Gasteiger partial charge in [-0.1, -0.05) is 30.8 Å². The number of hydrogen-bond donors (Lipinski definition) is 2. The largest absolute Gasteiger partial charge is 0.409 e. The van der Waals surface area contributed by atoms with E-state index >= 15 is 0 Å². The van der Waals surface area contributed by atoms with E-state index in [4.69, 9.17) is 10.9 Å². The fourth-order valence-corrected chi connectivity index (χ4v) is 2.82. The average molecular weight is 255 g/mol. The molecule has 1 saturated carbocycles. The summed E-state index contributed by atoms with van der Waals surface area (Å²) in [6.45, 7) is 5.24. The van der Waals surface area contributed by atoms with Gasteiger partial charge < -0.3 is 15.8 Å². The molecule has 1 rings (SSSR count). The predicted octanol–water partition coefficient (Wildman–Crippen LogP) is 1.94. The molecule has 5 heteroatoms. The number of amides is 1. The van der Waals surface area contributed by atoms with Gasteiger partial charge in [-0.3, -0.25) is 4.79 Å². The molecule has 0 unspecified atom stereocenters. The van der Waals surface area contributed by atoms with Crippen LogP contribution in [0, 0.1) is 5.41 Å². The lowest BCUT2D eigenvalue weighted by molar-refractivity contribution is -0.138. The Labute approximate surface area is 109 Å². The van der Waals surface area contributed by atoms with E-state index in [1.165, 1.54) is 0 Å². The molecule has 0 aromatic heterocycles. The SMILES string of the molecule is CCN(CC)C(=O)C1(C(N)=NO)CCCCCC1. The minimum atomic E-state index is -0.780. The van der Waals surface area contributed by atoms with E-state index < -0.39 is 5.41 Å². The molecule has 104 valence electrons. The Morgan fingerprint density at radius 2 is 1.72 bits per heavy atom. The Morgan fingerprint density at radius 3 is 2.11 bits per heavy atom. The molecule has 1 aliphatic carbocycles. The van der Waals surface area contributed by atoms with Gasteiger partial charge in [-0.2, -0.15) is 0 Å². The number of carbonyl (C=O) groups is 1. The van der Waals surface area contributed by atoms with Crippen molar-refractivity contribution in [1.29, 1.82) is 0 Å². The highest BCUT2D eigenvalue weighted by Crippen LogP contribution is 2.37. The lowest BCUT2D eigenvalue weighted by Crippen LogP contribution is -2.51. The van der Waals surface area contributed by atoms with Crippen molar-refractivity contribution < 1.29 is 10.0 Å². The summed E-state index contributed by atoms with van der Waals surface area (Å²) >= 11 is 0. The van der Waals surface area contributed by atoms with Crippen LogP contribution in [0.2, 0.25) is 0 Å². The molecule has 0 saturated heterocycles. The van der Waals surface area contributed by atoms with Gasteiger partial charge in [0.05, 0.1) is 0 Å². The summed E-state index contributed by atoms with van der Waals surface area (Å²) in [7, 11) is 0. The fourth-order valence-electron chi connectivity index (χ4n) is 2.82. The quantitative estimate of drug-likeness (QED) is 0.265. The summed E-state index contributed by atoms with van der Waals surface area (Å²) in [5.41, 5.74) is 5.07. The first kappa shape index (κ1) is 14.8. The van der Waals surface area contributed by atoms with E-state index in [1.807, 2.05) is 13.8 Å². The second kappa shape index (κ2) is 6.61.